The van der Waals surface area contributed by atoms with Gasteiger partial charge in [-0.05, 0) is 18.6 Å². The van der Waals surface area contributed by atoms with Crippen LogP contribution < -0.4 is 10.3 Å². The minimum absolute atomic E-state index is 0.111. The molecule has 0 bridgehead atoms. The first-order chi connectivity index (χ1) is 9.50. The predicted molar refractivity (Wildman–Crippen MR) is 77.1 cm³/mol. The molecule has 20 heavy (non-hydrogen) atoms. The topological polar surface area (TPSA) is 92.2 Å². The van der Waals surface area contributed by atoms with Gasteiger partial charge >= 0.3 is 5.63 Å². The first kappa shape index (κ1) is 14.4. The van der Waals surface area contributed by atoms with Crippen LogP contribution in [0.25, 0.3) is 11.3 Å². The van der Waals surface area contributed by atoms with E-state index in [0.29, 0.717) is 17.8 Å². The molecule has 1 aromatic heterocycles. The summed E-state index contributed by atoms with van der Waals surface area (Å²) in [4.78, 5) is 10.9. The zero-order chi connectivity index (χ0) is 14.6. The molecular formula is C13H16N2O4S. The van der Waals surface area contributed by atoms with Gasteiger partial charge in [0.25, 0.3) is 0 Å². The van der Waals surface area contributed by atoms with Gasteiger partial charge in [-0.3, -0.25) is 4.72 Å². The van der Waals surface area contributed by atoms with Crippen LogP contribution in [-0.4, -0.2) is 19.3 Å². The molecule has 0 atom stereocenters. The summed E-state index contributed by atoms with van der Waals surface area (Å²) in [7, 11) is -3.30. The SMILES string of the molecule is CCCCS(=O)(=O)Nc1ccc(-c2cc(=O)o[nH]2)cc1. The van der Waals surface area contributed by atoms with Crippen molar-refractivity contribution in [2.45, 2.75) is 19.8 Å². The average molecular weight is 296 g/mol. The van der Waals surface area contributed by atoms with Gasteiger partial charge in [0.05, 0.1) is 17.5 Å². The van der Waals surface area contributed by atoms with Gasteiger partial charge in [0.2, 0.25) is 10.0 Å². The lowest BCUT2D eigenvalue weighted by Crippen LogP contribution is -2.16. The molecule has 7 heteroatoms. The number of H-pyrrole nitrogens is 1. The summed E-state index contributed by atoms with van der Waals surface area (Å²) in [6, 6.07) is 8.03. The van der Waals surface area contributed by atoms with Crippen LogP contribution in [0.1, 0.15) is 19.8 Å². The normalized spacial score (nSPS) is 11.4. The molecule has 108 valence electrons. The quantitative estimate of drug-likeness (QED) is 0.854. The summed E-state index contributed by atoms with van der Waals surface area (Å²) in [6.45, 7) is 1.94. The van der Waals surface area contributed by atoms with E-state index in [0.717, 1.165) is 12.0 Å². The van der Waals surface area contributed by atoms with Gasteiger partial charge in [-0.2, -0.15) is 0 Å². The van der Waals surface area contributed by atoms with Crippen LogP contribution >= 0.6 is 0 Å². The van der Waals surface area contributed by atoms with E-state index < -0.39 is 15.6 Å². The number of unbranched alkanes of at least 4 members (excludes halogenated alkanes) is 1. The predicted octanol–water partition coefficient (Wildman–Crippen LogP) is 2.18. The molecule has 0 saturated heterocycles. The molecule has 0 saturated carbocycles. The summed E-state index contributed by atoms with van der Waals surface area (Å²) in [5.74, 6) is 0.111. The Morgan fingerprint density at radius 3 is 2.50 bits per heavy atom. The number of rotatable bonds is 6. The van der Waals surface area contributed by atoms with Crippen molar-refractivity contribution in [2.24, 2.45) is 0 Å². The Morgan fingerprint density at radius 2 is 1.95 bits per heavy atom. The maximum absolute atomic E-state index is 11.7. The molecule has 0 spiro atoms. The van der Waals surface area contributed by atoms with Gasteiger partial charge in [0, 0.05) is 11.3 Å². The van der Waals surface area contributed by atoms with E-state index >= 15 is 0 Å². The highest BCUT2D eigenvalue weighted by molar-refractivity contribution is 7.92. The molecule has 2 aromatic rings. The van der Waals surface area contributed by atoms with Gasteiger partial charge < -0.3 is 4.52 Å². The Bertz CT molecular complexity index is 713. The fourth-order valence-corrected chi connectivity index (χ4v) is 2.97. The van der Waals surface area contributed by atoms with Gasteiger partial charge in [0.15, 0.2) is 0 Å². The van der Waals surface area contributed by atoms with Crippen LogP contribution in [0.5, 0.6) is 0 Å². The number of aromatic amines is 1. The van der Waals surface area contributed by atoms with Crippen molar-refractivity contribution in [1.29, 1.82) is 0 Å². The van der Waals surface area contributed by atoms with Crippen LogP contribution in [0.2, 0.25) is 0 Å². The Kier molecular flexibility index (Phi) is 4.29. The monoisotopic (exact) mass is 296 g/mol. The number of nitrogens with one attached hydrogen (secondary N) is 2. The third kappa shape index (κ3) is 3.74. The Hall–Kier alpha value is -2.02. The van der Waals surface area contributed by atoms with Crippen molar-refractivity contribution in [3.8, 4) is 11.3 Å². The minimum Gasteiger partial charge on any atom is -0.339 e. The molecule has 0 aliphatic heterocycles. The van der Waals surface area contributed by atoms with Crippen LogP contribution in [0.4, 0.5) is 5.69 Å². The molecule has 0 unspecified atom stereocenters. The van der Waals surface area contributed by atoms with Crippen molar-refractivity contribution in [3.05, 3.63) is 40.8 Å². The maximum Gasteiger partial charge on any atom is 0.357 e. The lowest BCUT2D eigenvalue weighted by atomic mass is 10.1. The van der Waals surface area contributed by atoms with Crippen LogP contribution in [-0.2, 0) is 10.0 Å². The Balaban J connectivity index is 2.11. The van der Waals surface area contributed by atoms with Crippen LogP contribution in [0.3, 0.4) is 0 Å². The van der Waals surface area contributed by atoms with Crippen molar-refractivity contribution >= 4 is 15.7 Å². The molecule has 0 fully saturated rings. The number of hydrogen-bond acceptors (Lipinski definition) is 4. The summed E-state index contributed by atoms with van der Waals surface area (Å²) >= 11 is 0. The highest BCUT2D eigenvalue weighted by Gasteiger charge is 2.09. The van der Waals surface area contributed by atoms with Crippen molar-refractivity contribution in [2.75, 3.05) is 10.5 Å². The second kappa shape index (κ2) is 5.96. The van der Waals surface area contributed by atoms with Gasteiger partial charge in [-0.15, -0.1) is 0 Å². The molecular weight excluding hydrogens is 280 g/mol. The summed E-state index contributed by atoms with van der Waals surface area (Å²) in [5.41, 5.74) is 1.34. The molecule has 0 aliphatic rings. The van der Waals surface area contributed by atoms with E-state index in [4.69, 9.17) is 0 Å². The zero-order valence-corrected chi connectivity index (χ0v) is 11.9. The second-order valence-electron chi connectivity index (χ2n) is 4.43. The Labute approximate surface area is 116 Å². The van der Waals surface area contributed by atoms with E-state index in [-0.39, 0.29) is 5.75 Å². The number of anilines is 1. The number of benzene rings is 1. The molecule has 1 heterocycles. The summed E-state index contributed by atoms with van der Waals surface area (Å²) in [5, 5.41) is 2.49. The van der Waals surface area contributed by atoms with Crippen LogP contribution in [0.15, 0.2) is 39.6 Å². The van der Waals surface area contributed by atoms with Gasteiger partial charge in [0.1, 0.15) is 0 Å². The molecule has 0 aliphatic carbocycles. The van der Waals surface area contributed by atoms with Gasteiger partial charge in [-0.25, -0.2) is 18.4 Å². The van der Waals surface area contributed by atoms with Crippen molar-refractivity contribution in [3.63, 3.8) is 0 Å². The first-order valence-electron chi connectivity index (χ1n) is 6.29. The maximum atomic E-state index is 11.7. The van der Waals surface area contributed by atoms with E-state index in [2.05, 4.69) is 14.4 Å². The largest absolute Gasteiger partial charge is 0.357 e. The van der Waals surface area contributed by atoms with E-state index in [1.807, 2.05) is 6.92 Å². The van der Waals surface area contributed by atoms with Gasteiger partial charge in [-0.1, -0.05) is 25.5 Å². The smallest absolute Gasteiger partial charge is 0.339 e. The number of hydrogen-bond donors (Lipinski definition) is 2. The lowest BCUT2D eigenvalue weighted by molar-refractivity contribution is 0.394. The standard InChI is InChI=1S/C13H16N2O4S/c1-2-3-8-20(17,18)15-11-6-4-10(5-7-11)12-9-13(16)19-14-12/h4-7,9,14-15H,2-3,8H2,1H3. The fraction of sp³-hybridized carbons (Fsp3) is 0.308. The zero-order valence-electron chi connectivity index (χ0n) is 11.0. The molecule has 0 amide bonds. The van der Waals surface area contributed by atoms with E-state index in [9.17, 15) is 13.2 Å². The van der Waals surface area contributed by atoms with E-state index in [1.54, 1.807) is 24.3 Å². The first-order valence-corrected chi connectivity index (χ1v) is 7.95. The minimum atomic E-state index is -3.30. The molecule has 0 radical (unpaired) electrons. The summed E-state index contributed by atoms with van der Waals surface area (Å²) in [6.07, 6.45) is 1.46. The van der Waals surface area contributed by atoms with E-state index in [1.165, 1.54) is 6.07 Å². The number of sulfonamides is 1. The molecule has 1 aromatic carbocycles. The average Bonchev–Trinajstić information content (AvgIpc) is 2.84. The highest BCUT2D eigenvalue weighted by Crippen LogP contribution is 2.19. The fourth-order valence-electron chi connectivity index (χ4n) is 1.71. The van der Waals surface area contributed by atoms with Crippen molar-refractivity contribution in [1.82, 2.24) is 5.16 Å². The molecule has 2 rings (SSSR count). The summed E-state index contributed by atoms with van der Waals surface area (Å²) < 4.78 is 30.6. The number of aromatic nitrogens is 1. The molecule has 6 nitrogen and oxygen atoms in total. The second-order valence-corrected chi connectivity index (χ2v) is 6.27. The highest BCUT2D eigenvalue weighted by atomic mass is 32.2. The third-order valence-corrected chi connectivity index (χ3v) is 4.13. The lowest BCUT2D eigenvalue weighted by Gasteiger charge is -2.07. The third-order valence-electron chi connectivity index (χ3n) is 2.76. The molecule has 2 N–H and O–H groups in total. The Morgan fingerprint density at radius 1 is 1.25 bits per heavy atom. The van der Waals surface area contributed by atoms with Crippen LogP contribution in [0, 0.1) is 0 Å². The van der Waals surface area contributed by atoms with Crippen molar-refractivity contribution < 1.29 is 12.9 Å².